The van der Waals surface area contributed by atoms with Crippen molar-refractivity contribution in [1.29, 1.82) is 0 Å². The van der Waals surface area contributed by atoms with Crippen molar-refractivity contribution in [3.63, 3.8) is 0 Å². The number of rotatable bonds is 7. The molecular weight excluding hydrogens is 493 g/mol. The molecule has 37 heavy (non-hydrogen) atoms. The predicted molar refractivity (Wildman–Crippen MR) is 126 cm³/mol. The first-order valence-electron chi connectivity index (χ1n) is 11.6. The summed E-state index contributed by atoms with van der Waals surface area (Å²) in [6.07, 6.45) is -4.18. The first kappa shape index (κ1) is 26.3. The van der Waals surface area contributed by atoms with Gasteiger partial charge in [0.2, 0.25) is 0 Å². The average Bonchev–Trinajstić information content (AvgIpc) is 3.38. The van der Waals surface area contributed by atoms with Crippen LogP contribution in [-0.2, 0) is 6.18 Å². The Kier molecular flexibility index (Phi) is 7.35. The summed E-state index contributed by atoms with van der Waals surface area (Å²) < 4.78 is 43.4. The van der Waals surface area contributed by atoms with Crippen LogP contribution in [0.15, 0.2) is 54.6 Å². The summed E-state index contributed by atoms with van der Waals surface area (Å²) in [5.74, 6) is -1.76. The standard InChI is InChI=1S/C25H25F3N4O5/c1-2-32(36,23(33)22-15-21(29-30-22)16-5-3-6-17(13-16)24(34)35)31-11-9-19(10-12-31)37-20-8-4-7-18(14-20)25(26,27)28/h3-8,13-15,19H,2,9-12H2,1H3,(H,29,30)(H,34,35). The van der Waals surface area contributed by atoms with Crippen molar-refractivity contribution in [3.8, 4) is 17.0 Å². The van der Waals surface area contributed by atoms with E-state index in [0.29, 0.717) is 24.1 Å². The van der Waals surface area contributed by atoms with Crippen LogP contribution in [0.2, 0.25) is 0 Å². The van der Waals surface area contributed by atoms with Crippen molar-refractivity contribution in [2.24, 2.45) is 0 Å². The molecule has 1 unspecified atom stereocenters. The zero-order chi connectivity index (χ0) is 26.8. The molecular formula is C25H25F3N4O5. The van der Waals surface area contributed by atoms with E-state index >= 15 is 0 Å². The van der Waals surface area contributed by atoms with Crippen molar-refractivity contribution in [2.45, 2.75) is 32.0 Å². The largest absolute Gasteiger partial charge is 0.604 e. The normalized spacial score (nSPS) is 16.8. The van der Waals surface area contributed by atoms with Gasteiger partial charge in [0.05, 0.1) is 29.9 Å². The second-order valence-corrected chi connectivity index (χ2v) is 8.67. The second kappa shape index (κ2) is 10.3. The second-order valence-electron chi connectivity index (χ2n) is 8.67. The fraction of sp³-hybridized carbons (Fsp3) is 0.320. The molecule has 3 aromatic rings. The van der Waals surface area contributed by atoms with Crippen molar-refractivity contribution in [2.75, 3.05) is 19.6 Å². The van der Waals surface area contributed by atoms with E-state index in [1.54, 1.807) is 19.1 Å². The number of aromatic nitrogens is 2. The third-order valence-corrected chi connectivity index (χ3v) is 6.30. The topological polar surface area (TPSA) is 119 Å². The molecule has 1 aromatic heterocycles. The van der Waals surface area contributed by atoms with Gasteiger partial charge in [-0.3, -0.25) is 5.10 Å². The summed E-state index contributed by atoms with van der Waals surface area (Å²) in [5.41, 5.74) is 0.0365. The molecule has 0 aliphatic carbocycles. The van der Waals surface area contributed by atoms with E-state index in [-0.39, 0.29) is 36.6 Å². The summed E-state index contributed by atoms with van der Waals surface area (Å²) >= 11 is 0. The average molecular weight is 518 g/mol. The molecule has 0 bridgehead atoms. The first-order valence-corrected chi connectivity index (χ1v) is 11.6. The van der Waals surface area contributed by atoms with Gasteiger partial charge in [-0.1, -0.05) is 18.2 Å². The smallest absolute Gasteiger partial charge is 0.416 e. The summed E-state index contributed by atoms with van der Waals surface area (Å²) in [6.45, 7) is 1.91. The quantitative estimate of drug-likeness (QED) is 0.343. The number of carboxylic acid groups (broad SMARTS) is 1. The van der Waals surface area contributed by atoms with Crippen LogP contribution in [0.1, 0.15) is 46.2 Å². The number of carbonyl (C=O) groups excluding carboxylic acids is 1. The van der Waals surface area contributed by atoms with Crippen LogP contribution in [0.25, 0.3) is 11.3 Å². The fourth-order valence-corrected chi connectivity index (χ4v) is 4.27. The van der Waals surface area contributed by atoms with Gasteiger partial charge in [0.1, 0.15) is 18.4 Å². The SMILES string of the molecule is CC[N+]([O-])(C(=O)c1cc(-c2cccc(C(=O)O)c2)n[nH]1)N1CCC(Oc2cccc(C(F)(F)F)c2)CC1. The third-order valence-electron chi connectivity index (χ3n) is 6.30. The molecule has 2 heterocycles. The number of nitrogens with one attached hydrogen (secondary N) is 1. The number of hydrogen-bond acceptors (Lipinski definition) is 6. The zero-order valence-electron chi connectivity index (χ0n) is 19.9. The van der Waals surface area contributed by atoms with Crippen LogP contribution in [0, 0.1) is 5.21 Å². The Morgan fingerprint density at radius 2 is 1.86 bits per heavy atom. The first-order chi connectivity index (χ1) is 17.5. The van der Waals surface area contributed by atoms with Crippen LogP contribution < -0.4 is 4.74 Å². The van der Waals surface area contributed by atoms with Crippen molar-refractivity contribution in [3.05, 3.63) is 76.6 Å². The van der Waals surface area contributed by atoms with E-state index < -0.39 is 34.5 Å². The Morgan fingerprint density at radius 1 is 1.16 bits per heavy atom. The lowest BCUT2D eigenvalue weighted by molar-refractivity contribution is -0.921. The van der Waals surface area contributed by atoms with E-state index in [9.17, 15) is 33.1 Å². The highest BCUT2D eigenvalue weighted by Crippen LogP contribution is 2.32. The molecule has 1 aliphatic heterocycles. The number of nitrogens with zero attached hydrogens (tertiary/aromatic N) is 3. The monoisotopic (exact) mass is 518 g/mol. The van der Waals surface area contributed by atoms with E-state index in [1.165, 1.54) is 35.3 Å². The maximum Gasteiger partial charge on any atom is 0.416 e. The Labute approximate surface area is 210 Å². The zero-order valence-corrected chi connectivity index (χ0v) is 19.9. The van der Waals surface area contributed by atoms with Crippen LogP contribution in [0.4, 0.5) is 13.2 Å². The molecule has 1 aliphatic rings. The molecule has 1 atom stereocenters. The molecule has 2 N–H and O–H groups in total. The van der Waals surface area contributed by atoms with Gasteiger partial charge in [-0.25, -0.2) is 14.3 Å². The van der Waals surface area contributed by atoms with E-state index in [4.69, 9.17) is 4.74 Å². The Hall–Kier alpha value is -3.74. The lowest BCUT2D eigenvalue weighted by Gasteiger charge is -2.48. The number of carboxylic acids is 1. The molecule has 0 spiro atoms. The van der Waals surface area contributed by atoms with Gasteiger partial charge in [0, 0.05) is 24.5 Å². The number of amides is 1. The number of aromatic amines is 1. The number of carbonyl (C=O) groups is 2. The highest BCUT2D eigenvalue weighted by atomic mass is 19.4. The van der Waals surface area contributed by atoms with Gasteiger partial charge in [0.15, 0.2) is 5.69 Å². The maximum absolute atomic E-state index is 13.7. The van der Waals surface area contributed by atoms with Crippen molar-refractivity contribution in [1.82, 2.24) is 15.2 Å². The minimum absolute atomic E-state index is 0.0186. The Balaban J connectivity index is 1.43. The molecule has 196 valence electrons. The molecule has 0 saturated carbocycles. The molecule has 0 radical (unpaired) electrons. The number of quaternary nitrogens is 1. The molecule has 9 nitrogen and oxygen atoms in total. The van der Waals surface area contributed by atoms with Gasteiger partial charge in [-0.2, -0.15) is 18.3 Å². The van der Waals surface area contributed by atoms with Gasteiger partial charge in [0.25, 0.3) is 0 Å². The van der Waals surface area contributed by atoms with Gasteiger partial charge >= 0.3 is 18.1 Å². The minimum Gasteiger partial charge on any atom is -0.604 e. The molecule has 1 saturated heterocycles. The van der Waals surface area contributed by atoms with Crippen molar-refractivity contribution >= 4 is 11.9 Å². The number of hydrogen-bond donors (Lipinski definition) is 2. The third kappa shape index (κ3) is 5.66. The number of hydroxylamine groups is 2. The van der Waals surface area contributed by atoms with Crippen LogP contribution in [0.3, 0.4) is 0 Å². The number of piperidine rings is 1. The van der Waals surface area contributed by atoms with Crippen molar-refractivity contribution < 1.29 is 37.4 Å². The molecule has 4 rings (SSSR count). The van der Waals surface area contributed by atoms with Crippen LogP contribution in [-0.4, -0.2) is 62.7 Å². The highest BCUT2D eigenvalue weighted by Gasteiger charge is 2.39. The Morgan fingerprint density at radius 3 is 2.51 bits per heavy atom. The van der Waals surface area contributed by atoms with Crippen LogP contribution in [0.5, 0.6) is 5.75 Å². The number of benzene rings is 2. The summed E-state index contributed by atoms with van der Waals surface area (Å²) in [5, 5.41) is 31.0. The number of ether oxygens (including phenoxy) is 1. The van der Waals surface area contributed by atoms with Gasteiger partial charge in [-0.15, -0.1) is 5.01 Å². The summed E-state index contributed by atoms with van der Waals surface area (Å²) in [6, 6.07) is 12.1. The summed E-state index contributed by atoms with van der Waals surface area (Å²) in [7, 11) is 0. The molecule has 2 aromatic carbocycles. The number of aromatic carboxylic acids is 1. The molecule has 1 fully saturated rings. The van der Waals surface area contributed by atoms with E-state index in [1.807, 2.05) is 0 Å². The van der Waals surface area contributed by atoms with Gasteiger partial charge < -0.3 is 15.1 Å². The minimum atomic E-state index is -4.48. The summed E-state index contributed by atoms with van der Waals surface area (Å²) in [4.78, 5) is 24.5. The number of H-pyrrole nitrogens is 1. The Bertz CT molecular complexity index is 1290. The lowest BCUT2D eigenvalue weighted by atomic mass is 10.1. The van der Waals surface area contributed by atoms with Gasteiger partial charge in [-0.05, 0) is 37.3 Å². The number of alkyl halides is 3. The molecule has 12 heteroatoms. The maximum atomic E-state index is 13.7. The highest BCUT2D eigenvalue weighted by molar-refractivity contribution is 5.90. The number of halogens is 3. The lowest BCUT2D eigenvalue weighted by Crippen LogP contribution is -2.62. The molecule has 1 amide bonds. The predicted octanol–water partition coefficient (Wildman–Crippen LogP) is 4.73. The van der Waals surface area contributed by atoms with Crippen LogP contribution >= 0.6 is 0 Å². The van der Waals surface area contributed by atoms with E-state index in [0.717, 1.165) is 12.1 Å². The van der Waals surface area contributed by atoms with E-state index in [2.05, 4.69) is 10.2 Å². The fourth-order valence-electron chi connectivity index (χ4n) is 4.27.